The fraction of sp³-hybridized carbons (Fsp3) is 0.231. The zero-order chi connectivity index (χ0) is 13.5. The minimum absolute atomic E-state index is 0.207. The normalized spacial score (nSPS) is 10.6. The molecule has 3 N–H and O–H groups in total. The third kappa shape index (κ3) is 4.03. The van der Waals surface area contributed by atoms with E-state index in [1.54, 1.807) is 13.0 Å². The lowest BCUT2D eigenvalue weighted by molar-refractivity contribution is -0.137. The van der Waals surface area contributed by atoms with E-state index < -0.39 is 11.9 Å². The molecule has 0 aliphatic rings. The predicted molar refractivity (Wildman–Crippen MR) is 66.5 cm³/mol. The van der Waals surface area contributed by atoms with Gasteiger partial charge in [0.15, 0.2) is 0 Å². The molecular weight excluding hydrogens is 234 g/mol. The van der Waals surface area contributed by atoms with Crippen LogP contribution in [0.2, 0.25) is 0 Å². The molecule has 0 fully saturated rings. The Morgan fingerprint density at radius 2 is 2.11 bits per heavy atom. The molecule has 0 aliphatic carbocycles. The Bertz CT molecular complexity index is 480. The second-order valence-electron chi connectivity index (χ2n) is 3.57. The van der Waals surface area contributed by atoms with E-state index in [2.05, 4.69) is 0 Å². The van der Waals surface area contributed by atoms with Gasteiger partial charge < -0.3 is 15.6 Å². The summed E-state index contributed by atoms with van der Waals surface area (Å²) < 4.78 is 4.73. The van der Waals surface area contributed by atoms with Crippen molar-refractivity contribution in [2.45, 2.75) is 13.5 Å². The van der Waals surface area contributed by atoms with Crippen molar-refractivity contribution in [3.63, 3.8) is 0 Å². The summed E-state index contributed by atoms with van der Waals surface area (Å²) in [6.45, 7) is 1.80. The molecule has 1 aromatic rings. The second-order valence-corrected chi connectivity index (χ2v) is 3.57. The van der Waals surface area contributed by atoms with Crippen molar-refractivity contribution in [2.24, 2.45) is 5.73 Å². The maximum atomic E-state index is 11.1. The van der Waals surface area contributed by atoms with Gasteiger partial charge in [-0.2, -0.15) is 0 Å². The maximum Gasteiger partial charge on any atom is 0.330 e. The Labute approximate surface area is 105 Å². The van der Waals surface area contributed by atoms with E-state index in [-0.39, 0.29) is 12.2 Å². The number of nitrogens with two attached hydrogens (primary N) is 1. The molecule has 5 nitrogen and oxygen atoms in total. The minimum atomic E-state index is -0.587. The predicted octanol–water partition coefficient (Wildman–Crippen LogP) is 0.854. The van der Waals surface area contributed by atoms with Crippen molar-refractivity contribution in [1.82, 2.24) is 0 Å². The molecule has 18 heavy (non-hydrogen) atoms. The van der Waals surface area contributed by atoms with Crippen molar-refractivity contribution in [3.05, 3.63) is 41.0 Å². The lowest BCUT2D eigenvalue weighted by Crippen LogP contribution is -2.11. The summed E-state index contributed by atoms with van der Waals surface area (Å²) in [6, 6.07) is 4.70. The molecule has 0 atom stereocenters. The number of carbonyl (C=O) groups is 2. The number of carbonyl (C=O) groups excluding carboxylic acids is 2. The highest BCUT2D eigenvalue weighted by Crippen LogP contribution is 2.12. The summed E-state index contributed by atoms with van der Waals surface area (Å²) in [7, 11) is 0. The van der Waals surface area contributed by atoms with Gasteiger partial charge in [0.1, 0.15) is 0 Å². The number of aliphatic hydroxyl groups is 1. The molecule has 0 unspecified atom stereocenters. The number of rotatable bonds is 5. The topological polar surface area (TPSA) is 89.6 Å². The van der Waals surface area contributed by atoms with Gasteiger partial charge in [-0.05, 0) is 42.3 Å². The Kier molecular flexibility index (Phi) is 5.07. The first kappa shape index (κ1) is 13.9. The van der Waals surface area contributed by atoms with E-state index >= 15 is 0 Å². The van der Waals surface area contributed by atoms with Crippen LogP contribution in [-0.2, 0) is 16.1 Å². The average molecular weight is 249 g/mol. The van der Waals surface area contributed by atoms with Gasteiger partial charge in [-0.25, -0.2) is 4.79 Å². The van der Waals surface area contributed by atoms with Crippen LogP contribution in [0.5, 0.6) is 0 Å². The van der Waals surface area contributed by atoms with Gasteiger partial charge in [0.25, 0.3) is 0 Å². The van der Waals surface area contributed by atoms with Gasteiger partial charge in [-0.15, -0.1) is 0 Å². The van der Waals surface area contributed by atoms with E-state index in [9.17, 15) is 9.59 Å². The summed E-state index contributed by atoms with van der Waals surface area (Å²) in [5.41, 5.74) is 6.61. The van der Waals surface area contributed by atoms with E-state index in [1.165, 1.54) is 24.3 Å². The molecule has 0 aromatic heterocycles. The number of hydrogen-bond donors (Lipinski definition) is 2. The van der Waals surface area contributed by atoms with E-state index in [4.69, 9.17) is 15.6 Å². The van der Waals surface area contributed by atoms with Crippen LogP contribution < -0.4 is 5.73 Å². The molecule has 1 aromatic carbocycles. The lowest BCUT2D eigenvalue weighted by atomic mass is 10.1. The van der Waals surface area contributed by atoms with Crippen LogP contribution in [-0.4, -0.2) is 23.6 Å². The molecule has 0 bridgehead atoms. The van der Waals surface area contributed by atoms with Crippen LogP contribution in [0.3, 0.4) is 0 Å². The Morgan fingerprint density at radius 3 is 2.67 bits per heavy atom. The first-order valence-electron chi connectivity index (χ1n) is 5.46. The molecule has 96 valence electrons. The van der Waals surface area contributed by atoms with Gasteiger partial charge in [-0.3, -0.25) is 4.79 Å². The molecule has 0 saturated carbocycles. The summed E-state index contributed by atoms with van der Waals surface area (Å²) in [5.74, 6) is -1.05. The van der Waals surface area contributed by atoms with Gasteiger partial charge in [0, 0.05) is 11.6 Å². The highest BCUT2D eigenvalue weighted by atomic mass is 16.5. The monoisotopic (exact) mass is 249 g/mol. The summed E-state index contributed by atoms with van der Waals surface area (Å²) in [5, 5.41) is 9.06. The number of aliphatic hydroxyl groups excluding tert-OH is 1. The molecule has 0 saturated heterocycles. The van der Waals surface area contributed by atoms with Crippen LogP contribution in [0.25, 0.3) is 6.08 Å². The van der Waals surface area contributed by atoms with Gasteiger partial charge in [0.05, 0.1) is 13.2 Å². The molecule has 5 heteroatoms. The molecule has 1 amide bonds. The fourth-order valence-corrected chi connectivity index (χ4v) is 1.40. The van der Waals surface area contributed by atoms with E-state index in [1.807, 2.05) is 0 Å². The first-order valence-corrected chi connectivity index (χ1v) is 5.46. The van der Waals surface area contributed by atoms with Crippen molar-refractivity contribution < 1.29 is 19.4 Å². The molecule has 0 radical (unpaired) electrons. The summed E-state index contributed by atoms with van der Waals surface area (Å²) >= 11 is 0. The van der Waals surface area contributed by atoms with Crippen molar-refractivity contribution >= 4 is 18.0 Å². The van der Waals surface area contributed by atoms with Crippen molar-refractivity contribution in [3.8, 4) is 0 Å². The van der Waals surface area contributed by atoms with E-state index in [0.717, 1.165) is 0 Å². The van der Waals surface area contributed by atoms with Crippen LogP contribution in [0.1, 0.15) is 28.4 Å². The molecular formula is C13H15NO4. The van der Waals surface area contributed by atoms with E-state index in [0.29, 0.717) is 17.7 Å². The SMILES string of the molecule is CCOC(=O)/C=C/c1cc(CO)cc(C(N)=O)c1. The third-order valence-corrected chi connectivity index (χ3v) is 2.18. The molecule has 1 rings (SSSR count). The quantitative estimate of drug-likeness (QED) is 0.598. The Balaban J connectivity index is 2.98. The van der Waals surface area contributed by atoms with Crippen molar-refractivity contribution in [1.29, 1.82) is 0 Å². The lowest BCUT2D eigenvalue weighted by Gasteiger charge is -2.03. The average Bonchev–Trinajstić information content (AvgIpc) is 2.36. The smallest absolute Gasteiger partial charge is 0.330 e. The number of amides is 1. The highest BCUT2D eigenvalue weighted by Gasteiger charge is 2.04. The minimum Gasteiger partial charge on any atom is -0.463 e. The number of hydrogen-bond acceptors (Lipinski definition) is 4. The molecule has 0 spiro atoms. The summed E-state index contributed by atoms with van der Waals surface area (Å²) in [6.07, 6.45) is 2.76. The third-order valence-electron chi connectivity index (χ3n) is 2.18. The molecule has 0 aliphatic heterocycles. The van der Waals surface area contributed by atoms with Crippen LogP contribution in [0, 0.1) is 0 Å². The van der Waals surface area contributed by atoms with Crippen LogP contribution >= 0.6 is 0 Å². The zero-order valence-corrected chi connectivity index (χ0v) is 10.1. The number of esters is 1. The second kappa shape index (κ2) is 6.56. The van der Waals surface area contributed by atoms with Crippen LogP contribution in [0.15, 0.2) is 24.3 Å². The number of primary amides is 1. The largest absolute Gasteiger partial charge is 0.463 e. The summed E-state index contributed by atoms with van der Waals surface area (Å²) in [4.78, 5) is 22.2. The number of ether oxygens (including phenoxy) is 1. The fourth-order valence-electron chi connectivity index (χ4n) is 1.40. The van der Waals surface area contributed by atoms with Gasteiger partial charge >= 0.3 is 5.97 Å². The van der Waals surface area contributed by atoms with Crippen molar-refractivity contribution in [2.75, 3.05) is 6.61 Å². The van der Waals surface area contributed by atoms with Gasteiger partial charge in [0.2, 0.25) is 5.91 Å². The maximum absolute atomic E-state index is 11.1. The highest BCUT2D eigenvalue weighted by molar-refractivity contribution is 5.94. The van der Waals surface area contributed by atoms with Gasteiger partial charge in [-0.1, -0.05) is 0 Å². The zero-order valence-electron chi connectivity index (χ0n) is 10.1. The molecule has 0 heterocycles. The standard InChI is InChI=1S/C13H15NO4/c1-2-18-12(16)4-3-9-5-10(8-15)7-11(6-9)13(14)17/h3-7,15H,2,8H2,1H3,(H2,14,17)/b4-3+. The Hall–Kier alpha value is -2.14. The van der Waals surface area contributed by atoms with Crippen LogP contribution in [0.4, 0.5) is 0 Å². The first-order chi connectivity index (χ1) is 8.56. The Morgan fingerprint density at radius 1 is 1.39 bits per heavy atom. The number of benzene rings is 1.